The molecule has 0 spiro atoms. The minimum atomic E-state index is 0.00966. The quantitative estimate of drug-likeness (QED) is 0.838. The summed E-state index contributed by atoms with van der Waals surface area (Å²) in [6.45, 7) is 6.32. The first-order chi connectivity index (χ1) is 7.54. The molecule has 0 aromatic carbocycles. The highest BCUT2D eigenvalue weighted by molar-refractivity contribution is 5.41. The van der Waals surface area contributed by atoms with Crippen molar-refractivity contribution in [2.45, 2.75) is 26.3 Å². The number of nitrogens with zero attached hydrogens (tertiary/aromatic N) is 3. The second-order valence-electron chi connectivity index (χ2n) is 4.71. The van der Waals surface area contributed by atoms with E-state index in [1.54, 1.807) is 10.9 Å². The lowest BCUT2D eigenvalue weighted by Gasteiger charge is -2.21. The van der Waals surface area contributed by atoms with E-state index in [1.165, 1.54) is 0 Å². The van der Waals surface area contributed by atoms with Gasteiger partial charge in [0, 0.05) is 17.9 Å². The summed E-state index contributed by atoms with van der Waals surface area (Å²) in [7, 11) is 0. The Kier molecular flexibility index (Phi) is 2.64. The Morgan fingerprint density at radius 3 is 2.62 bits per heavy atom. The van der Waals surface area contributed by atoms with Crippen LogP contribution in [0.25, 0.3) is 5.82 Å². The van der Waals surface area contributed by atoms with E-state index < -0.39 is 0 Å². The van der Waals surface area contributed by atoms with E-state index >= 15 is 0 Å². The molecule has 4 heteroatoms. The molecule has 2 heterocycles. The predicted molar refractivity (Wildman–Crippen MR) is 64.7 cm³/mol. The molecule has 0 radical (unpaired) electrons. The van der Waals surface area contributed by atoms with Gasteiger partial charge in [-0.2, -0.15) is 5.10 Å². The highest BCUT2D eigenvalue weighted by atomic mass is 15.3. The molecule has 0 fully saturated rings. The topological polar surface area (TPSA) is 42.7 Å². The summed E-state index contributed by atoms with van der Waals surface area (Å²) in [6.07, 6.45) is 3.62. The summed E-state index contributed by atoms with van der Waals surface area (Å²) in [5.74, 6) is 1.68. The second kappa shape index (κ2) is 3.96. The van der Waals surface area contributed by atoms with Crippen LogP contribution in [0.15, 0.2) is 36.7 Å². The van der Waals surface area contributed by atoms with Gasteiger partial charge in [0.15, 0.2) is 5.82 Å². The van der Waals surface area contributed by atoms with Gasteiger partial charge >= 0.3 is 0 Å². The molecule has 2 rings (SSSR count). The fraction of sp³-hybridized carbons (Fsp3) is 0.333. The van der Waals surface area contributed by atoms with Crippen LogP contribution in [-0.4, -0.2) is 20.3 Å². The molecular weight excluding hydrogens is 200 g/mol. The van der Waals surface area contributed by atoms with Crippen LogP contribution < -0.4 is 5.32 Å². The normalized spacial score (nSPS) is 11.4. The number of hydrogen-bond donors (Lipinski definition) is 1. The number of rotatable bonds is 2. The fourth-order valence-corrected chi connectivity index (χ4v) is 1.41. The van der Waals surface area contributed by atoms with Crippen molar-refractivity contribution in [3.05, 3.63) is 36.7 Å². The van der Waals surface area contributed by atoms with Gasteiger partial charge in [0.25, 0.3) is 0 Å². The van der Waals surface area contributed by atoms with Crippen LogP contribution in [0.1, 0.15) is 20.8 Å². The molecule has 2 aromatic rings. The van der Waals surface area contributed by atoms with Crippen LogP contribution in [0.2, 0.25) is 0 Å². The van der Waals surface area contributed by atoms with Gasteiger partial charge in [-0.15, -0.1) is 0 Å². The smallest absolute Gasteiger partial charge is 0.155 e. The largest absolute Gasteiger partial charge is 0.365 e. The van der Waals surface area contributed by atoms with E-state index in [4.69, 9.17) is 0 Å². The first kappa shape index (κ1) is 10.7. The Balaban J connectivity index is 2.27. The molecule has 0 saturated carbocycles. The maximum atomic E-state index is 4.49. The monoisotopic (exact) mass is 216 g/mol. The number of pyridine rings is 1. The Bertz CT molecular complexity index is 454. The Morgan fingerprint density at radius 2 is 2.00 bits per heavy atom. The van der Waals surface area contributed by atoms with Crippen molar-refractivity contribution in [3.8, 4) is 5.82 Å². The summed E-state index contributed by atoms with van der Waals surface area (Å²) in [5, 5.41) is 7.48. The standard InChI is InChI=1S/C12H16N4/c1-12(2,3)15-10-6-4-7-11(14-10)16-9-5-8-13-16/h4-9H,1-3H3,(H,14,15). The number of nitrogens with one attached hydrogen (secondary N) is 1. The molecule has 0 unspecified atom stereocenters. The van der Waals surface area contributed by atoms with Crippen LogP contribution >= 0.6 is 0 Å². The fourth-order valence-electron chi connectivity index (χ4n) is 1.41. The van der Waals surface area contributed by atoms with Gasteiger partial charge in [0.1, 0.15) is 5.82 Å². The maximum Gasteiger partial charge on any atom is 0.155 e. The average Bonchev–Trinajstić information content (AvgIpc) is 2.68. The molecule has 0 aliphatic rings. The van der Waals surface area contributed by atoms with Crippen molar-refractivity contribution in [1.29, 1.82) is 0 Å². The average molecular weight is 216 g/mol. The number of hydrogen-bond acceptors (Lipinski definition) is 3. The van der Waals surface area contributed by atoms with Crippen LogP contribution in [0.3, 0.4) is 0 Å². The highest BCUT2D eigenvalue weighted by Gasteiger charge is 2.10. The van der Waals surface area contributed by atoms with Crippen molar-refractivity contribution in [3.63, 3.8) is 0 Å². The molecule has 2 aromatic heterocycles. The van der Waals surface area contributed by atoms with Crippen LogP contribution in [-0.2, 0) is 0 Å². The van der Waals surface area contributed by atoms with Crippen LogP contribution in [0.5, 0.6) is 0 Å². The van der Waals surface area contributed by atoms with Gasteiger partial charge in [-0.1, -0.05) is 6.07 Å². The number of aromatic nitrogens is 3. The Labute approximate surface area is 95.3 Å². The molecule has 0 atom stereocenters. The van der Waals surface area contributed by atoms with E-state index in [0.717, 1.165) is 11.6 Å². The van der Waals surface area contributed by atoms with Crippen LogP contribution in [0, 0.1) is 0 Å². The molecule has 0 saturated heterocycles. The summed E-state index contributed by atoms with van der Waals surface area (Å²) >= 11 is 0. The lowest BCUT2D eigenvalue weighted by molar-refractivity contribution is 0.629. The van der Waals surface area contributed by atoms with Crippen molar-refractivity contribution in [2.24, 2.45) is 0 Å². The van der Waals surface area contributed by atoms with Crippen molar-refractivity contribution >= 4 is 5.82 Å². The summed E-state index contributed by atoms with van der Waals surface area (Å²) in [5.41, 5.74) is 0.00966. The molecule has 0 aliphatic carbocycles. The lowest BCUT2D eigenvalue weighted by Crippen LogP contribution is -2.26. The molecule has 0 bridgehead atoms. The van der Waals surface area contributed by atoms with Gasteiger partial charge in [-0.25, -0.2) is 9.67 Å². The lowest BCUT2D eigenvalue weighted by atomic mass is 10.1. The summed E-state index contributed by atoms with van der Waals surface area (Å²) < 4.78 is 1.74. The van der Waals surface area contributed by atoms with Gasteiger partial charge < -0.3 is 5.32 Å². The highest BCUT2D eigenvalue weighted by Crippen LogP contribution is 2.13. The molecule has 1 N–H and O–H groups in total. The van der Waals surface area contributed by atoms with Gasteiger partial charge in [0.2, 0.25) is 0 Å². The van der Waals surface area contributed by atoms with Crippen molar-refractivity contribution in [2.75, 3.05) is 5.32 Å². The van der Waals surface area contributed by atoms with Gasteiger partial charge in [-0.05, 0) is 39.0 Å². The first-order valence-corrected chi connectivity index (χ1v) is 5.30. The van der Waals surface area contributed by atoms with Crippen molar-refractivity contribution < 1.29 is 0 Å². The molecular formula is C12H16N4. The third-order valence-electron chi connectivity index (χ3n) is 1.98. The molecule has 16 heavy (non-hydrogen) atoms. The summed E-state index contributed by atoms with van der Waals surface area (Å²) in [6, 6.07) is 7.74. The molecule has 84 valence electrons. The zero-order chi connectivity index (χ0) is 11.6. The van der Waals surface area contributed by atoms with Crippen LogP contribution in [0.4, 0.5) is 5.82 Å². The third kappa shape index (κ3) is 2.59. The molecule has 0 amide bonds. The van der Waals surface area contributed by atoms with E-state index in [1.807, 2.05) is 30.5 Å². The van der Waals surface area contributed by atoms with E-state index in [9.17, 15) is 0 Å². The van der Waals surface area contributed by atoms with E-state index in [0.29, 0.717) is 0 Å². The zero-order valence-corrected chi connectivity index (χ0v) is 9.81. The second-order valence-corrected chi connectivity index (χ2v) is 4.71. The molecule has 4 nitrogen and oxygen atoms in total. The van der Waals surface area contributed by atoms with E-state index in [2.05, 4.69) is 36.2 Å². The zero-order valence-electron chi connectivity index (χ0n) is 9.81. The minimum absolute atomic E-state index is 0.00966. The minimum Gasteiger partial charge on any atom is -0.365 e. The van der Waals surface area contributed by atoms with Gasteiger partial charge in [-0.3, -0.25) is 0 Å². The first-order valence-electron chi connectivity index (χ1n) is 5.30. The number of anilines is 1. The third-order valence-corrected chi connectivity index (χ3v) is 1.98. The van der Waals surface area contributed by atoms with Crippen molar-refractivity contribution in [1.82, 2.24) is 14.8 Å². The predicted octanol–water partition coefficient (Wildman–Crippen LogP) is 2.48. The molecule has 0 aliphatic heterocycles. The summed E-state index contributed by atoms with van der Waals surface area (Å²) in [4.78, 5) is 4.49. The Hall–Kier alpha value is -1.84. The SMILES string of the molecule is CC(C)(C)Nc1cccc(-n2cccn2)n1. The van der Waals surface area contributed by atoms with Gasteiger partial charge in [0.05, 0.1) is 0 Å². The maximum absolute atomic E-state index is 4.49. The van der Waals surface area contributed by atoms with E-state index in [-0.39, 0.29) is 5.54 Å². The Morgan fingerprint density at radius 1 is 1.19 bits per heavy atom.